The Morgan fingerprint density at radius 3 is 2.12 bits per heavy atom. The van der Waals surface area contributed by atoms with E-state index in [0.717, 1.165) is 27.3 Å². The Hall–Kier alpha value is -3.85. The molecule has 0 saturated heterocycles. The molecular formula is C31H39N3O5S. The van der Waals surface area contributed by atoms with Gasteiger partial charge in [-0.1, -0.05) is 86.1 Å². The quantitative estimate of drug-likeness (QED) is 0.336. The van der Waals surface area contributed by atoms with E-state index in [-0.39, 0.29) is 30.5 Å². The van der Waals surface area contributed by atoms with Gasteiger partial charge in [-0.3, -0.25) is 13.9 Å². The summed E-state index contributed by atoms with van der Waals surface area (Å²) in [6.07, 6.45) is 1.32. The summed E-state index contributed by atoms with van der Waals surface area (Å²) in [5.74, 6) is -0.256. The molecule has 1 atom stereocenters. The van der Waals surface area contributed by atoms with Gasteiger partial charge in [0.25, 0.3) is 0 Å². The molecular weight excluding hydrogens is 526 g/mol. The Kier molecular flexibility index (Phi) is 10.7. The molecule has 0 fully saturated rings. The molecule has 3 rings (SSSR count). The fourth-order valence-corrected chi connectivity index (χ4v) is 5.15. The minimum atomic E-state index is -3.88. The van der Waals surface area contributed by atoms with Gasteiger partial charge in [0, 0.05) is 19.5 Å². The number of carbonyl (C=O) groups excluding carboxylic acids is 2. The number of hydrogen-bond donors (Lipinski definition) is 1. The summed E-state index contributed by atoms with van der Waals surface area (Å²) in [7, 11) is -2.43. The molecule has 40 heavy (non-hydrogen) atoms. The maximum absolute atomic E-state index is 14.1. The molecule has 9 heteroatoms. The number of amides is 2. The lowest BCUT2D eigenvalue weighted by Crippen LogP contribution is -2.53. The Bertz CT molecular complexity index is 1380. The number of benzene rings is 3. The first-order valence-electron chi connectivity index (χ1n) is 13.3. The van der Waals surface area contributed by atoms with E-state index in [9.17, 15) is 18.0 Å². The van der Waals surface area contributed by atoms with Gasteiger partial charge < -0.3 is 15.0 Å². The van der Waals surface area contributed by atoms with Crippen molar-refractivity contribution >= 4 is 27.5 Å². The largest absolute Gasteiger partial charge is 0.495 e. The highest BCUT2D eigenvalue weighted by Crippen LogP contribution is 2.30. The highest BCUT2D eigenvalue weighted by atomic mass is 32.2. The molecule has 0 aliphatic carbocycles. The van der Waals surface area contributed by atoms with Crippen LogP contribution in [0, 0.1) is 12.8 Å². The highest BCUT2D eigenvalue weighted by molar-refractivity contribution is 7.92. The highest BCUT2D eigenvalue weighted by Gasteiger charge is 2.33. The topological polar surface area (TPSA) is 96.0 Å². The number of ether oxygens (including phenoxy) is 1. The number of nitrogens with one attached hydrogen (secondary N) is 1. The number of rotatable bonds is 13. The third kappa shape index (κ3) is 8.58. The molecule has 2 amide bonds. The summed E-state index contributed by atoms with van der Waals surface area (Å²) in [4.78, 5) is 29.2. The van der Waals surface area contributed by atoms with Gasteiger partial charge in [-0.15, -0.1) is 0 Å². The van der Waals surface area contributed by atoms with Gasteiger partial charge in [-0.25, -0.2) is 8.42 Å². The van der Waals surface area contributed by atoms with Crippen LogP contribution in [0.25, 0.3) is 0 Å². The van der Waals surface area contributed by atoms with E-state index in [2.05, 4.69) is 5.32 Å². The zero-order chi connectivity index (χ0) is 29.3. The SMILES string of the molecule is COc1ccccc1N(CC(=O)N(Cc1ccc(C)cc1)[C@@H](Cc1ccccc1)C(=O)NCC(C)C)S(C)(=O)=O. The maximum Gasteiger partial charge on any atom is 0.244 e. The van der Waals surface area contributed by atoms with Crippen molar-refractivity contribution < 1.29 is 22.7 Å². The number of para-hydroxylation sites is 2. The molecule has 3 aromatic carbocycles. The number of nitrogens with zero attached hydrogens (tertiary/aromatic N) is 2. The number of sulfonamides is 1. The second-order valence-corrected chi connectivity index (χ2v) is 12.2. The molecule has 0 aromatic heterocycles. The van der Waals surface area contributed by atoms with Crippen LogP contribution in [-0.2, 0) is 32.6 Å². The minimum absolute atomic E-state index is 0.134. The number of carbonyl (C=O) groups is 2. The van der Waals surface area contributed by atoms with Crippen LogP contribution in [-0.4, -0.2) is 57.6 Å². The second-order valence-electron chi connectivity index (χ2n) is 10.3. The number of methoxy groups -OCH3 is 1. The Morgan fingerprint density at radius 1 is 0.900 bits per heavy atom. The molecule has 0 saturated carbocycles. The van der Waals surface area contributed by atoms with E-state index in [0.29, 0.717) is 12.3 Å². The normalized spacial score (nSPS) is 12.1. The van der Waals surface area contributed by atoms with E-state index in [1.165, 1.54) is 12.0 Å². The average Bonchev–Trinajstić information content (AvgIpc) is 2.93. The van der Waals surface area contributed by atoms with Crippen LogP contribution >= 0.6 is 0 Å². The Labute approximate surface area is 238 Å². The number of anilines is 1. The first-order valence-corrected chi connectivity index (χ1v) is 15.1. The van der Waals surface area contributed by atoms with Crippen molar-refractivity contribution in [2.24, 2.45) is 5.92 Å². The molecule has 0 bridgehead atoms. The van der Waals surface area contributed by atoms with Crippen molar-refractivity contribution in [2.75, 3.05) is 30.8 Å². The summed E-state index contributed by atoms with van der Waals surface area (Å²) in [6, 6.07) is 23.0. The lowest BCUT2D eigenvalue weighted by Gasteiger charge is -2.34. The van der Waals surface area contributed by atoms with Crippen molar-refractivity contribution in [3.63, 3.8) is 0 Å². The molecule has 8 nitrogen and oxygen atoms in total. The first-order chi connectivity index (χ1) is 19.0. The third-order valence-corrected chi connectivity index (χ3v) is 7.59. The van der Waals surface area contributed by atoms with Crippen LogP contribution < -0.4 is 14.4 Å². The van der Waals surface area contributed by atoms with Crippen molar-refractivity contribution in [1.29, 1.82) is 0 Å². The summed E-state index contributed by atoms with van der Waals surface area (Å²) < 4.78 is 32.3. The van der Waals surface area contributed by atoms with Crippen LogP contribution in [0.15, 0.2) is 78.9 Å². The summed E-state index contributed by atoms with van der Waals surface area (Å²) in [5, 5.41) is 2.98. The van der Waals surface area contributed by atoms with Crippen molar-refractivity contribution in [1.82, 2.24) is 10.2 Å². The van der Waals surface area contributed by atoms with Crippen LogP contribution in [0.3, 0.4) is 0 Å². The maximum atomic E-state index is 14.1. The summed E-state index contributed by atoms with van der Waals surface area (Å²) in [6.45, 7) is 6.07. The molecule has 0 unspecified atom stereocenters. The number of aryl methyl sites for hydroxylation is 1. The van der Waals surface area contributed by atoms with Gasteiger partial charge >= 0.3 is 0 Å². The predicted octanol–water partition coefficient (Wildman–Crippen LogP) is 4.18. The van der Waals surface area contributed by atoms with Gasteiger partial charge in [0.15, 0.2) is 0 Å². The third-order valence-electron chi connectivity index (χ3n) is 6.46. The van der Waals surface area contributed by atoms with E-state index < -0.39 is 28.5 Å². The predicted molar refractivity (Wildman–Crippen MR) is 159 cm³/mol. The summed E-state index contributed by atoms with van der Waals surface area (Å²) in [5.41, 5.74) is 3.03. The smallest absolute Gasteiger partial charge is 0.244 e. The fraction of sp³-hybridized carbons (Fsp3) is 0.355. The van der Waals surface area contributed by atoms with E-state index >= 15 is 0 Å². The average molecular weight is 566 g/mol. The first kappa shape index (κ1) is 30.7. The van der Waals surface area contributed by atoms with E-state index in [1.54, 1.807) is 24.3 Å². The van der Waals surface area contributed by atoms with Gasteiger partial charge in [0.05, 0.1) is 19.1 Å². The van der Waals surface area contributed by atoms with Crippen LogP contribution in [0.5, 0.6) is 5.75 Å². The van der Waals surface area contributed by atoms with Crippen LogP contribution in [0.4, 0.5) is 5.69 Å². The zero-order valence-corrected chi connectivity index (χ0v) is 24.6. The van der Waals surface area contributed by atoms with Crippen LogP contribution in [0.1, 0.15) is 30.5 Å². The molecule has 3 aromatic rings. The lowest BCUT2D eigenvalue weighted by molar-refractivity contribution is -0.140. The summed E-state index contributed by atoms with van der Waals surface area (Å²) >= 11 is 0. The monoisotopic (exact) mass is 565 g/mol. The zero-order valence-electron chi connectivity index (χ0n) is 23.8. The van der Waals surface area contributed by atoms with Gasteiger partial charge in [0.2, 0.25) is 21.8 Å². The van der Waals surface area contributed by atoms with Crippen LogP contribution in [0.2, 0.25) is 0 Å². The van der Waals surface area contributed by atoms with Gasteiger partial charge in [0.1, 0.15) is 18.3 Å². The molecule has 0 radical (unpaired) electrons. The molecule has 0 spiro atoms. The van der Waals surface area contributed by atoms with Crippen molar-refractivity contribution in [3.05, 3.63) is 95.6 Å². The van der Waals surface area contributed by atoms with Gasteiger partial charge in [-0.2, -0.15) is 0 Å². The van der Waals surface area contributed by atoms with Crippen molar-refractivity contribution in [2.45, 2.75) is 39.8 Å². The molecule has 1 N–H and O–H groups in total. The van der Waals surface area contributed by atoms with E-state index in [1.807, 2.05) is 75.4 Å². The fourth-order valence-electron chi connectivity index (χ4n) is 4.30. The Balaban J connectivity index is 2.06. The molecule has 0 heterocycles. The Morgan fingerprint density at radius 2 is 1.52 bits per heavy atom. The van der Waals surface area contributed by atoms with E-state index in [4.69, 9.17) is 4.74 Å². The lowest BCUT2D eigenvalue weighted by atomic mass is 10.0. The number of hydrogen-bond acceptors (Lipinski definition) is 5. The van der Waals surface area contributed by atoms with Crippen molar-refractivity contribution in [3.8, 4) is 5.75 Å². The molecule has 214 valence electrons. The molecule has 0 aliphatic rings. The molecule has 0 aliphatic heterocycles. The van der Waals surface area contributed by atoms with Gasteiger partial charge in [-0.05, 0) is 36.1 Å². The standard InChI is InChI=1S/C31H39N3O5S/c1-23(2)20-32-31(36)28(19-25-11-7-6-8-12-25)33(21-26-17-15-24(3)16-18-26)30(35)22-34(40(5,37)38)27-13-9-10-14-29(27)39-4/h6-18,23,28H,19-22H2,1-5H3,(H,32,36)/t28-/m0/s1. The second kappa shape index (κ2) is 14.0. The minimum Gasteiger partial charge on any atom is -0.495 e.